The Morgan fingerprint density at radius 1 is 0.828 bits per heavy atom. The lowest BCUT2D eigenvalue weighted by atomic mass is 10.2. The van der Waals surface area contributed by atoms with Crippen LogP contribution in [-0.4, -0.2) is 61.0 Å². The largest absolute Gasteiger partial charge is 0.378 e. The van der Waals surface area contributed by atoms with Gasteiger partial charge in [0.1, 0.15) is 0 Å². The van der Waals surface area contributed by atoms with Crippen molar-refractivity contribution in [3.05, 3.63) is 48.0 Å². The zero-order chi connectivity index (χ0) is 20.3. The van der Waals surface area contributed by atoms with E-state index >= 15 is 0 Å². The van der Waals surface area contributed by atoms with Crippen LogP contribution in [0.25, 0.3) is 0 Å². The molecular formula is C21H27N3O4S. The van der Waals surface area contributed by atoms with E-state index in [2.05, 4.69) is 20.6 Å². The smallest absolute Gasteiger partial charge is 0.261 e. The molecule has 1 N–H and O–H groups in total. The highest BCUT2D eigenvalue weighted by Gasteiger charge is 2.22. The van der Waals surface area contributed by atoms with Gasteiger partial charge in [-0.2, -0.15) is 0 Å². The van der Waals surface area contributed by atoms with Gasteiger partial charge in [0.25, 0.3) is 10.0 Å². The molecule has 8 heteroatoms. The third-order valence-corrected chi connectivity index (χ3v) is 6.67. The van der Waals surface area contributed by atoms with Crippen molar-refractivity contribution in [2.75, 3.05) is 67.1 Å². The Morgan fingerprint density at radius 3 is 2.03 bits per heavy atom. The van der Waals surface area contributed by atoms with Gasteiger partial charge in [-0.25, -0.2) is 8.42 Å². The van der Waals surface area contributed by atoms with Gasteiger partial charge in [0.05, 0.1) is 42.7 Å². The Balaban J connectivity index is 1.66. The van der Waals surface area contributed by atoms with Gasteiger partial charge in [0.15, 0.2) is 0 Å². The molecule has 0 amide bonds. The van der Waals surface area contributed by atoms with Crippen molar-refractivity contribution in [3.63, 3.8) is 0 Å². The van der Waals surface area contributed by atoms with Crippen LogP contribution in [0.2, 0.25) is 0 Å². The number of hydrogen-bond acceptors (Lipinski definition) is 6. The highest BCUT2D eigenvalue weighted by atomic mass is 32.2. The monoisotopic (exact) mass is 417 g/mol. The molecule has 0 spiro atoms. The zero-order valence-electron chi connectivity index (χ0n) is 16.6. The van der Waals surface area contributed by atoms with Gasteiger partial charge in [-0.15, -0.1) is 0 Å². The SMILES string of the molecule is Cc1ccc(S(=O)(=O)Nc2ccc(N3CCOCC3)cc2N2CCOCC2)cc1. The van der Waals surface area contributed by atoms with Gasteiger partial charge < -0.3 is 19.3 Å². The van der Waals surface area contributed by atoms with Gasteiger partial charge in [0, 0.05) is 31.9 Å². The molecule has 7 nitrogen and oxygen atoms in total. The first-order chi connectivity index (χ1) is 14.0. The summed E-state index contributed by atoms with van der Waals surface area (Å²) in [5, 5.41) is 0. The lowest BCUT2D eigenvalue weighted by molar-refractivity contribution is 0.122. The minimum absolute atomic E-state index is 0.258. The normalized spacial score (nSPS) is 18.0. The van der Waals surface area contributed by atoms with E-state index in [9.17, 15) is 8.42 Å². The second kappa shape index (κ2) is 8.61. The molecule has 0 bridgehead atoms. The second-order valence-electron chi connectivity index (χ2n) is 7.32. The fourth-order valence-corrected chi connectivity index (χ4v) is 4.69. The van der Waals surface area contributed by atoms with Crippen LogP contribution in [-0.2, 0) is 19.5 Å². The topological polar surface area (TPSA) is 71.1 Å². The number of benzene rings is 2. The van der Waals surface area contributed by atoms with Gasteiger partial charge in [-0.3, -0.25) is 4.72 Å². The molecule has 2 saturated heterocycles. The van der Waals surface area contributed by atoms with Crippen LogP contribution in [0.15, 0.2) is 47.4 Å². The highest BCUT2D eigenvalue weighted by Crippen LogP contribution is 2.33. The summed E-state index contributed by atoms with van der Waals surface area (Å²) in [4.78, 5) is 4.71. The van der Waals surface area contributed by atoms with Crippen molar-refractivity contribution >= 4 is 27.1 Å². The average molecular weight is 418 g/mol. The van der Waals surface area contributed by atoms with Crippen molar-refractivity contribution in [2.24, 2.45) is 0 Å². The van der Waals surface area contributed by atoms with E-state index < -0.39 is 10.0 Å². The van der Waals surface area contributed by atoms with Gasteiger partial charge in [-0.05, 0) is 37.3 Å². The van der Waals surface area contributed by atoms with Crippen LogP contribution < -0.4 is 14.5 Å². The number of sulfonamides is 1. The Morgan fingerprint density at radius 2 is 1.41 bits per heavy atom. The standard InChI is InChI=1S/C21H27N3O4S/c1-17-2-5-19(6-3-17)29(25,26)22-20-7-4-18(23-8-12-27-13-9-23)16-21(20)24-10-14-28-15-11-24/h2-7,16,22H,8-15H2,1H3. The molecule has 2 aliphatic heterocycles. The maximum atomic E-state index is 13.0. The number of ether oxygens (including phenoxy) is 2. The van der Waals surface area contributed by atoms with E-state index in [1.165, 1.54) is 0 Å². The average Bonchev–Trinajstić information content (AvgIpc) is 2.75. The number of nitrogens with one attached hydrogen (secondary N) is 1. The van der Waals surface area contributed by atoms with Crippen molar-refractivity contribution in [1.82, 2.24) is 0 Å². The number of hydrogen-bond donors (Lipinski definition) is 1. The minimum Gasteiger partial charge on any atom is -0.378 e. The summed E-state index contributed by atoms with van der Waals surface area (Å²) in [6, 6.07) is 12.8. The molecule has 0 aromatic heterocycles. The summed E-state index contributed by atoms with van der Waals surface area (Å²) in [6.45, 7) is 7.72. The van der Waals surface area contributed by atoms with Crippen molar-refractivity contribution in [3.8, 4) is 0 Å². The molecule has 0 saturated carbocycles. The molecule has 0 atom stereocenters. The molecule has 2 aromatic rings. The quantitative estimate of drug-likeness (QED) is 0.806. The third kappa shape index (κ3) is 4.66. The van der Waals surface area contributed by atoms with E-state index in [0.29, 0.717) is 32.1 Å². The highest BCUT2D eigenvalue weighted by molar-refractivity contribution is 7.92. The lowest BCUT2D eigenvalue weighted by Crippen LogP contribution is -2.38. The Bertz CT molecular complexity index is 935. The van der Waals surface area contributed by atoms with Crippen molar-refractivity contribution < 1.29 is 17.9 Å². The summed E-state index contributed by atoms with van der Waals surface area (Å²) in [6.07, 6.45) is 0. The molecule has 4 rings (SSSR count). The van der Waals surface area contributed by atoms with E-state index in [1.54, 1.807) is 24.3 Å². The van der Waals surface area contributed by atoms with Crippen LogP contribution in [0.5, 0.6) is 0 Å². The van der Waals surface area contributed by atoms with E-state index in [1.807, 2.05) is 19.1 Å². The first-order valence-electron chi connectivity index (χ1n) is 9.92. The van der Waals surface area contributed by atoms with Crippen molar-refractivity contribution in [2.45, 2.75) is 11.8 Å². The molecule has 0 aliphatic carbocycles. The molecular weight excluding hydrogens is 390 g/mol. The molecule has 29 heavy (non-hydrogen) atoms. The van der Waals surface area contributed by atoms with Crippen LogP contribution >= 0.6 is 0 Å². The van der Waals surface area contributed by atoms with E-state index in [-0.39, 0.29) is 4.90 Å². The molecule has 156 valence electrons. The van der Waals surface area contributed by atoms with Crippen LogP contribution in [0.3, 0.4) is 0 Å². The van der Waals surface area contributed by atoms with E-state index in [0.717, 1.165) is 43.1 Å². The molecule has 2 fully saturated rings. The molecule has 0 radical (unpaired) electrons. The predicted molar refractivity (Wildman–Crippen MR) is 114 cm³/mol. The maximum absolute atomic E-state index is 13.0. The van der Waals surface area contributed by atoms with Gasteiger partial charge in [0.2, 0.25) is 0 Å². The molecule has 2 aliphatic rings. The second-order valence-corrected chi connectivity index (χ2v) is 9.00. The number of rotatable bonds is 5. The number of nitrogens with zero attached hydrogens (tertiary/aromatic N) is 2. The van der Waals surface area contributed by atoms with E-state index in [4.69, 9.17) is 9.47 Å². The molecule has 2 heterocycles. The van der Waals surface area contributed by atoms with Crippen LogP contribution in [0, 0.1) is 6.92 Å². The number of aryl methyl sites for hydroxylation is 1. The van der Waals surface area contributed by atoms with Crippen LogP contribution in [0.1, 0.15) is 5.56 Å². The summed E-state index contributed by atoms with van der Waals surface area (Å²) in [7, 11) is -3.67. The third-order valence-electron chi connectivity index (χ3n) is 5.28. The number of anilines is 3. The fraction of sp³-hybridized carbons (Fsp3) is 0.429. The number of morpholine rings is 2. The summed E-state index contributed by atoms with van der Waals surface area (Å²) >= 11 is 0. The Hall–Kier alpha value is -2.29. The first-order valence-corrected chi connectivity index (χ1v) is 11.4. The van der Waals surface area contributed by atoms with Crippen LogP contribution in [0.4, 0.5) is 17.1 Å². The van der Waals surface area contributed by atoms with Crippen molar-refractivity contribution in [1.29, 1.82) is 0 Å². The Kier molecular flexibility index (Phi) is 5.94. The summed E-state index contributed by atoms with van der Waals surface area (Å²) < 4.78 is 39.6. The van der Waals surface area contributed by atoms with Gasteiger partial charge in [-0.1, -0.05) is 17.7 Å². The Labute approximate surface area is 172 Å². The zero-order valence-corrected chi connectivity index (χ0v) is 17.5. The lowest BCUT2D eigenvalue weighted by Gasteiger charge is -2.33. The summed E-state index contributed by atoms with van der Waals surface area (Å²) in [5.74, 6) is 0. The molecule has 0 unspecified atom stereocenters. The maximum Gasteiger partial charge on any atom is 0.261 e. The fourth-order valence-electron chi connectivity index (χ4n) is 3.61. The predicted octanol–water partition coefficient (Wildman–Crippen LogP) is 2.47. The minimum atomic E-state index is -3.67. The van der Waals surface area contributed by atoms with Gasteiger partial charge >= 0.3 is 0 Å². The molecule has 2 aromatic carbocycles. The first kappa shape index (κ1) is 20.0. The summed E-state index contributed by atoms with van der Waals surface area (Å²) in [5.41, 5.74) is 3.57.